The van der Waals surface area contributed by atoms with Crippen molar-refractivity contribution in [2.45, 2.75) is 13.8 Å². The SMILES string of the molecule is Cc1cc(C)n(C(=O)c2cc(Br)c(Br)s2)n1. The predicted molar refractivity (Wildman–Crippen MR) is 71.1 cm³/mol. The summed E-state index contributed by atoms with van der Waals surface area (Å²) in [6, 6.07) is 3.68. The van der Waals surface area contributed by atoms with E-state index in [2.05, 4.69) is 37.0 Å². The van der Waals surface area contributed by atoms with Crippen LogP contribution in [0.25, 0.3) is 0 Å². The van der Waals surface area contributed by atoms with E-state index < -0.39 is 0 Å². The van der Waals surface area contributed by atoms with Gasteiger partial charge in [-0.3, -0.25) is 4.79 Å². The van der Waals surface area contributed by atoms with Crippen LogP contribution in [0.1, 0.15) is 21.1 Å². The van der Waals surface area contributed by atoms with E-state index in [1.54, 1.807) is 6.07 Å². The van der Waals surface area contributed by atoms with E-state index >= 15 is 0 Å². The Balaban J connectivity index is 2.42. The molecule has 2 aromatic heterocycles. The molecule has 0 aliphatic rings. The Hall–Kier alpha value is -0.460. The molecule has 0 aromatic carbocycles. The Labute approximate surface area is 114 Å². The van der Waals surface area contributed by atoms with E-state index in [0.29, 0.717) is 4.88 Å². The van der Waals surface area contributed by atoms with Gasteiger partial charge in [0.2, 0.25) is 0 Å². The molecule has 0 amide bonds. The lowest BCUT2D eigenvalue weighted by Crippen LogP contribution is -2.13. The normalized spacial score (nSPS) is 10.8. The number of hydrogen-bond donors (Lipinski definition) is 0. The van der Waals surface area contributed by atoms with Crippen LogP contribution in [0.5, 0.6) is 0 Å². The number of halogens is 2. The van der Waals surface area contributed by atoms with Gasteiger partial charge in [0.05, 0.1) is 14.4 Å². The third kappa shape index (κ3) is 2.14. The summed E-state index contributed by atoms with van der Waals surface area (Å²) in [7, 11) is 0. The summed E-state index contributed by atoms with van der Waals surface area (Å²) in [5.41, 5.74) is 1.70. The maximum Gasteiger partial charge on any atom is 0.288 e. The van der Waals surface area contributed by atoms with Crippen LogP contribution in [0, 0.1) is 13.8 Å². The van der Waals surface area contributed by atoms with E-state index in [1.807, 2.05) is 19.9 Å². The first-order valence-electron chi connectivity index (χ1n) is 4.52. The van der Waals surface area contributed by atoms with E-state index in [0.717, 1.165) is 19.6 Å². The van der Waals surface area contributed by atoms with E-state index in [9.17, 15) is 4.79 Å². The summed E-state index contributed by atoms with van der Waals surface area (Å²) < 4.78 is 3.24. The first-order chi connectivity index (χ1) is 7.49. The minimum absolute atomic E-state index is 0.0954. The topological polar surface area (TPSA) is 34.9 Å². The van der Waals surface area contributed by atoms with Crippen molar-refractivity contribution in [1.82, 2.24) is 9.78 Å². The lowest BCUT2D eigenvalue weighted by molar-refractivity contribution is 0.0946. The smallest absolute Gasteiger partial charge is 0.266 e. The van der Waals surface area contributed by atoms with Gasteiger partial charge < -0.3 is 0 Å². The summed E-state index contributed by atoms with van der Waals surface area (Å²) in [6.07, 6.45) is 0. The fourth-order valence-electron chi connectivity index (χ4n) is 1.39. The maximum absolute atomic E-state index is 12.1. The maximum atomic E-state index is 12.1. The van der Waals surface area contributed by atoms with Gasteiger partial charge in [0.15, 0.2) is 0 Å². The molecule has 2 aromatic rings. The minimum Gasteiger partial charge on any atom is -0.266 e. The molecular formula is C10H8Br2N2OS. The van der Waals surface area contributed by atoms with Gasteiger partial charge in [-0.25, -0.2) is 4.68 Å². The van der Waals surface area contributed by atoms with Crippen LogP contribution < -0.4 is 0 Å². The van der Waals surface area contributed by atoms with Crippen molar-refractivity contribution in [1.29, 1.82) is 0 Å². The molecule has 2 rings (SSSR count). The number of carbonyl (C=O) groups is 1. The number of rotatable bonds is 1. The lowest BCUT2D eigenvalue weighted by Gasteiger charge is -1.99. The fourth-order valence-corrected chi connectivity index (χ4v) is 3.35. The van der Waals surface area contributed by atoms with Gasteiger partial charge in [0.1, 0.15) is 0 Å². The summed E-state index contributed by atoms with van der Waals surface area (Å²) in [5.74, 6) is -0.0954. The van der Waals surface area contributed by atoms with Gasteiger partial charge in [-0.2, -0.15) is 5.10 Å². The Bertz CT molecular complexity index is 540. The van der Waals surface area contributed by atoms with Crippen molar-refractivity contribution in [3.8, 4) is 0 Å². The molecule has 3 nitrogen and oxygen atoms in total. The second kappa shape index (κ2) is 4.43. The molecule has 2 heterocycles. The Morgan fingerprint density at radius 2 is 2.06 bits per heavy atom. The summed E-state index contributed by atoms with van der Waals surface area (Å²) in [4.78, 5) is 12.8. The standard InChI is InChI=1S/C10H8Br2N2OS/c1-5-3-6(2)14(13-5)10(15)8-4-7(11)9(12)16-8/h3-4H,1-2H3. The van der Waals surface area contributed by atoms with Gasteiger partial charge in [-0.1, -0.05) is 0 Å². The van der Waals surface area contributed by atoms with E-state index in [-0.39, 0.29) is 5.91 Å². The average molecular weight is 364 g/mol. The largest absolute Gasteiger partial charge is 0.288 e. The minimum atomic E-state index is -0.0954. The zero-order valence-electron chi connectivity index (χ0n) is 8.62. The molecule has 0 N–H and O–H groups in total. The highest BCUT2D eigenvalue weighted by Crippen LogP contribution is 2.32. The van der Waals surface area contributed by atoms with Crippen LogP contribution in [-0.4, -0.2) is 15.7 Å². The van der Waals surface area contributed by atoms with Crippen LogP contribution in [-0.2, 0) is 0 Å². The Morgan fingerprint density at radius 3 is 2.50 bits per heavy atom. The highest BCUT2D eigenvalue weighted by molar-refractivity contribution is 9.13. The van der Waals surface area contributed by atoms with E-state index in [1.165, 1.54) is 16.0 Å². The number of aromatic nitrogens is 2. The second-order valence-corrected chi connectivity index (χ2v) is 6.60. The van der Waals surface area contributed by atoms with Crippen LogP contribution >= 0.6 is 43.2 Å². The highest BCUT2D eigenvalue weighted by Gasteiger charge is 2.16. The molecule has 0 aliphatic heterocycles. The highest BCUT2D eigenvalue weighted by atomic mass is 79.9. The van der Waals surface area contributed by atoms with Crippen molar-refractivity contribution in [2.24, 2.45) is 0 Å². The molecule has 6 heteroatoms. The monoisotopic (exact) mass is 362 g/mol. The van der Waals surface area contributed by atoms with Gasteiger partial charge in [0, 0.05) is 10.2 Å². The first-order valence-corrected chi connectivity index (χ1v) is 6.92. The summed E-state index contributed by atoms with van der Waals surface area (Å²) >= 11 is 8.13. The number of nitrogens with zero attached hydrogens (tertiary/aromatic N) is 2. The number of carbonyl (C=O) groups excluding carboxylic acids is 1. The molecular weight excluding hydrogens is 356 g/mol. The third-order valence-electron chi connectivity index (χ3n) is 2.06. The molecule has 0 radical (unpaired) electrons. The molecule has 16 heavy (non-hydrogen) atoms. The molecule has 0 spiro atoms. The molecule has 84 valence electrons. The van der Waals surface area contributed by atoms with Crippen LogP contribution in [0.3, 0.4) is 0 Å². The third-order valence-corrected chi connectivity index (χ3v) is 5.30. The Kier molecular flexibility index (Phi) is 3.32. The number of hydrogen-bond acceptors (Lipinski definition) is 3. The Morgan fingerprint density at radius 1 is 1.38 bits per heavy atom. The molecule has 0 unspecified atom stereocenters. The van der Waals surface area contributed by atoms with Crippen LogP contribution in [0.2, 0.25) is 0 Å². The van der Waals surface area contributed by atoms with Gasteiger partial charge in [-0.15, -0.1) is 11.3 Å². The lowest BCUT2D eigenvalue weighted by atomic mass is 10.4. The molecule has 0 saturated carbocycles. The van der Waals surface area contributed by atoms with E-state index in [4.69, 9.17) is 0 Å². The van der Waals surface area contributed by atoms with Crippen LogP contribution in [0.15, 0.2) is 20.4 Å². The van der Waals surface area contributed by atoms with Crippen molar-refractivity contribution in [2.75, 3.05) is 0 Å². The second-order valence-electron chi connectivity index (χ2n) is 3.38. The number of aryl methyl sites for hydroxylation is 2. The van der Waals surface area contributed by atoms with Crippen molar-refractivity contribution < 1.29 is 4.79 Å². The van der Waals surface area contributed by atoms with Crippen molar-refractivity contribution in [3.63, 3.8) is 0 Å². The van der Waals surface area contributed by atoms with Gasteiger partial charge in [-0.05, 0) is 57.8 Å². The predicted octanol–water partition coefficient (Wildman–Crippen LogP) is 3.77. The number of thiophene rings is 1. The molecule has 0 saturated heterocycles. The van der Waals surface area contributed by atoms with Crippen molar-refractivity contribution in [3.05, 3.63) is 36.7 Å². The molecule has 0 bridgehead atoms. The first kappa shape index (κ1) is 12.0. The summed E-state index contributed by atoms with van der Waals surface area (Å²) in [5, 5.41) is 4.17. The van der Waals surface area contributed by atoms with Gasteiger partial charge >= 0.3 is 0 Å². The molecule has 0 atom stereocenters. The van der Waals surface area contributed by atoms with Gasteiger partial charge in [0.25, 0.3) is 5.91 Å². The zero-order chi connectivity index (χ0) is 11.9. The zero-order valence-corrected chi connectivity index (χ0v) is 12.6. The quantitative estimate of drug-likeness (QED) is 0.772. The summed E-state index contributed by atoms with van der Waals surface area (Å²) in [6.45, 7) is 3.74. The van der Waals surface area contributed by atoms with Crippen molar-refractivity contribution >= 4 is 49.1 Å². The molecule has 0 aliphatic carbocycles. The van der Waals surface area contributed by atoms with Crippen LogP contribution in [0.4, 0.5) is 0 Å². The molecule has 0 fully saturated rings. The fraction of sp³-hybridized carbons (Fsp3) is 0.200. The average Bonchev–Trinajstić information content (AvgIpc) is 2.70.